The van der Waals surface area contributed by atoms with E-state index in [9.17, 15) is 4.57 Å². The van der Waals surface area contributed by atoms with Crippen molar-refractivity contribution in [3.05, 3.63) is 47.0 Å². The normalized spacial score (nSPS) is 28.9. The lowest BCUT2D eigenvalue weighted by Gasteiger charge is -2.33. The molecule has 0 aliphatic carbocycles. The lowest BCUT2D eigenvalue weighted by Crippen LogP contribution is -2.28. The van der Waals surface area contributed by atoms with Crippen LogP contribution in [0.1, 0.15) is 18.1 Å². The molecule has 0 bridgehead atoms. The van der Waals surface area contributed by atoms with E-state index in [4.69, 9.17) is 0 Å². The van der Waals surface area contributed by atoms with Crippen molar-refractivity contribution in [3.63, 3.8) is 0 Å². The molecule has 0 unspecified atom stereocenters. The van der Waals surface area contributed by atoms with E-state index in [1.165, 1.54) is 16.7 Å². The van der Waals surface area contributed by atoms with Gasteiger partial charge in [0.15, 0.2) is 7.29 Å². The fourth-order valence-electron chi connectivity index (χ4n) is 2.82. The zero-order chi connectivity index (χ0) is 11.9. The summed E-state index contributed by atoms with van der Waals surface area (Å²) in [7, 11) is -2.12. The Morgan fingerprint density at radius 1 is 1.24 bits per heavy atom. The third-order valence-corrected chi connectivity index (χ3v) is 6.97. The molecule has 1 atom stereocenters. The maximum atomic E-state index is 12.9. The second-order valence-corrected chi connectivity index (χ2v) is 8.08. The number of hydrogen-bond donors (Lipinski definition) is 0. The highest BCUT2D eigenvalue weighted by Crippen LogP contribution is 2.56. The number of rotatable bonds is 1. The molecule has 0 spiro atoms. The highest BCUT2D eigenvalue weighted by molar-refractivity contribution is 7.62. The van der Waals surface area contributed by atoms with Crippen molar-refractivity contribution in [2.24, 2.45) is 0 Å². The molecule has 0 aromatic heterocycles. The van der Waals surface area contributed by atoms with Gasteiger partial charge in [-0.1, -0.05) is 35.9 Å². The minimum atomic E-state index is -2.12. The molecule has 2 heterocycles. The van der Waals surface area contributed by atoms with Gasteiger partial charge in [0.25, 0.3) is 0 Å². The monoisotopic (exact) mass is 247 g/mol. The summed E-state index contributed by atoms with van der Waals surface area (Å²) >= 11 is 0. The third-order valence-electron chi connectivity index (χ3n) is 3.85. The predicted molar refractivity (Wildman–Crippen MR) is 71.7 cm³/mol. The van der Waals surface area contributed by atoms with Crippen LogP contribution in [-0.4, -0.2) is 23.5 Å². The van der Waals surface area contributed by atoms with Crippen LogP contribution in [0, 0.1) is 0 Å². The average Bonchev–Trinajstić information content (AvgIpc) is 2.70. The number of nitrogens with zero attached hydrogens (tertiary/aromatic N) is 1. The average molecular weight is 247 g/mol. The summed E-state index contributed by atoms with van der Waals surface area (Å²) in [5, 5.41) is 0. The van der Waals surface area contributed by atoms with Gasteiger partial charge in [0, 0.05) is 25.4 Å². The summed E-state index contributed by atoms with van der Waals surface area (Å²) in [6.07, 6.45) is 4.77. The molecule has 0 N–H and O–H groups in total. The van der Waals surface area contributed by atoms with E-state index in [-0.39, 0.29) is 0 Å². The summed E-state index contributed by atoms with van der Waals surface area (Å²) < 4.78 is 15.1. The smallest absolute Gasteiger partial charge is 0.158 e. The molecule has 2 aliphatic rings. The van der Waals surface area contributed by atoms with Gasteiger partial charge in [-0.25, -0.2) is 4.67 Å². The number of fused-ring (bicyclic) bond motifs is 1. The fourth-order valence-corrected chi connectivity index (χ4v) is 5.76. The Kier molecular flexibility index (Phi) is 2.72. The summed E-state index contributed by atoms with van der Waals surface area (Å²) in [6, 6.07) is 8.54. The lowest BCUT2D eigenvalue weighted by molar-refractivity contribution is 0.392. The van der Waals surface area contributed by atoms with Crippen molar-refractivity contribution >= 4 is 7.29 Å². The summed E-state index contributed by atoms with van der Waals surface area (Å²) in [4.78, 5) is 0. The van der Waals surface area contributed by atoms with Crippen molar-refractivity contribution in [2.45, 2.75) is 19.9 Å². The molecule has 3 heteroatoms. The molecule has 0 radical (unpaired) electrons. The highest BCUT2D eigenvalue weighted by Gasteiger charge is 2.34. The van der Waals surface area contributed by atoms with Crippen LogP contribution < -0.4 is 0 Å². The maximum Gasteiger partial charge on any atom is 0.158 e. The van der Waals surface area contributed by atoms with Gasteiger partial charge in [-0.05, 0) is 24.5 Å². The molecule has 0 amide bonds. The van der Waals surface area contributed by atoms with Crippen LogP contribution in [0.25, 0.3) is 0 Å². The second-order valence-electron chi connectivity index (χ2n) is 5.14. The quantitative estimate of drug-likeness (QED) is 0.560. The summed E-state index contributed by atoms with van der Waals surface area (Å²) in [6.45, 7) is 3.92. The van der Waals surface area contributed by atoms with E-state index in [2.05, 4.69) is 41.9 Å². The van der Waals surface area contributed by atoms with E-state index < -0.39 is 7.29 Å². The van der Waals surface area contributed by atoms with Gasteiger partial charge < -0.3 is 4.57 Å². The largest absolute Gasteiger partial charge is 0.306 e. The minimum Gasteiger partial charge on any atom is -0.306 e. The molecule has 1 aromatic rings. The van der Waals surface area contributed by atoms with Crippen molar-refractivity contribution in [1.82, 2.24) is 4.67 Å². The molecule has 1 aromatic carbocycles. The van der Waals surface area contributed by atoms with Crippen LogP contribution in [-0.2, 0) is 17.5 Å². The van der Waals surface area contributed by atoms with Crippen molar-refractivity contribution in [1.29, 1.82) is 0 Å². The number of allylic oxidation sites excluding steroid dienone is 2. The Morgan fingerprint density at radius 2 is 2.00 bits per heavy atom. The molecular formula is C14H18NOP. The lowest BCUT2D eigenvalue weighted by atomic mass is 10.0. The van der Waals surface area contributed by atoms with E-state index in [1.807, 2.05) is 0 Å². The summed E-state index contributed by atoms with van der Waals surface area (Å²) in [5.41, 5.74) is 4.09. The molecule has 0 fully saturated rings. The first-order chi connectivity index (χ1) is 8.17. The van der Waals surface area contributed by atoms with Gasteiger partial charge >= 0.3 is 0 Å². The topological polar surface area (TPSA) is 20.3 Å². The first-order valence-corrected chi connectivity index (χ1v) is 8.26. The molecular weight excluding hydrogens is 229 g/mol. The van der Waals surface area contributed by atoms with Crippen LogP contribution in [0.5, 0.6) is 0 Å². The van der Waals surface area contributed by atoms with E-state index in [1.54, 1.807) is 0 Å². The van der Waals surface area contributed by atoms with Crippen LogP contribution >= 0.6 is 7.29 Å². The van der Waals surface area contributed by atoms with Crippen LogP contribution in [0.4, 0.5) is 0 Å². The number of hydrogen-bond acceptors (Lipinski definition) is 1. The Morgan fingerprint density at radius 3 is 2.71 bits per heavy atom. The van der Waals surface area contributed by atoms with Crippen LogP contribution in [0.2, 0.25) is 0 Å². The predicted octanol–water partition coefficient (Wildman–Crippen LogP) is 3.28. The molecule has 17 heavy (non-hydrogen) atoms. The molecule has 2 aliphatic heterocycles. The van der Waals surface area contributed by atoms with Gasteiger partial charge in [-0.2, -0.15) is 0 Å². The first-order valence-electron chi connectivity index (χ1n) is 6.23. The molecule has 90 valence electrons. The SMILES string of the molecule is CC1=CC[P@@](=O)(N2CCc3ccccc3C2)C1. The molecule has 2 nitrogen and oxygen atoms in total. The van der Waals surface area contributed by atoms with Gasteiger partial charge in [-0.15, -0.1) is 0 Å². The molecule has 0 saturated carbocycles. The van der Waals surface area contributed by atoms with E-state index in [0.29, 0.717) is 0 Å². The Labute approximate surface area is 103 Å². The van der Waals surface area contributed by atoms with Crippen molar-refractivity contribution in [3.8, 4) is 0 Å². The van der Waals surface area contributed by atoms with E-state index >= 15 is 0 Å². The first kappa shape index (κ1) is 11.3. The molecule has 0 saturated heterocycles. The minimum absolute atomic E-state index is 0.779. The van der Waals surface area contributed by atoms with Crippen molar-refractivity contribution in [2.75, 3.05) is 18.9 Å². The van der Waals surface area contributed by atoms with Gasteiger partial charge in [0.05, 0.1) is 0 Å². The molecule has 3 rings (SSSR count). The van der Waals surface area contributed by atoms with Crippen LogP contribution in [0.15, 0.2) is 35.9 Å². The Hall–Kier alpha value is -0.850. The summed E-state index contributed by atoms with van der Waals surface area (Å²) in [5.74, 6) is 0. The zero-order valence-electron chi connectivity index (χ0n) is 10.2. The zero-order valence-corrected chi connectivity index (χ0v) is 11.1. The number of benzene rings is 1. The van der Waals surface area contributed by atoms with E-state index in [0.717, 1.165) is 31.8 Å². The Balaban J connectivity index is 1.83. The van der Waals surface area contributed by atoms with Crippen molar-refractivity contribution < 1.29 is 4.57 Å². The van der Waals surface area contributed by atoms with Gasteiger partial charge in [0.1, 0.15) is 0 Å². The van der Waals surface area contributed by atoms with Gasteiger partial charge in [0.2, 0.25) is 0 Å². The third kappa shape index (κ3) is 2.00. The Bertz CT molecular complexity index is 521. The highest BCUT2D eigenvalue weighted by atomic mass is 31.2. The second kappa shape index (κ2) is 4.12. The maximum absolute atomic E-state index is 12.9. The van der Waals surface area contributed by atoms with Crippen LogP contribution in [0.3, 0.4) is 0 Å². The standard InChI is InChI=1S/C14H18NOP/c1-12-7-9-17(16,11-12)15-8-6-13-4-2-3-5-14(13)10-15/h2-5,7H,6,8-11H2,1H3/t17-/m0/s1. The van der Waals surface area contributed by atoms with Gasteiger partial charge in [-0.3, -0.25) is 0 Å². The fraction of sp³-hybridized carbons (Fsp3) is 0.429.